The minimum Gasteiger partial charge on any atom is -0.493 e. The summed E-state index contributed by atoms with van der Waals surface area (Å²) >= 11 is 9.65. The Morgan fingerprint density at radius 2 is 2.21 bits per heavy atom. The normalized spacial score (nSPS) is 12.5. The summed E-state index contributed by atoms with van der Waals surface area (Å²) in [5, 5.41) is 0.851. The van der Waals surface area contributed by atoms with Crippen LogP contribution in [-0.2, 0) is 4.74 Å². The zero-order valence-electron chi connectivity index (χ0n) is 13.1. The fourth-order valence-electron chi connectivity index (χ4n) is 2.69. The molecule has 2 heterocycles. The molecule has 2 aromatic heterocycles. The summed E-state index contributed by atoms with van der Waals surface area (Å²) in [6.45, 7) is 2.29. The summed E-state index contributed by atoms with van der Waals surface area (Å²) in [6, 6.07) is 4.78. The Morgan fingerprint density at radius 3 is 2.92 bits per heavy atom. The van der Waals surface area contributed by atoms with Gasteiger partial charge in [0.1, 0.15) is 23.3 Å². The molecule has 24 heavy (non-hydrogen) atoms. The molecule has 1 N–H and O–H groups in total. The molecule has 0 aliphatic heterocycles. The highest BCUT2D eigenvalue weighted by Gasteiger charge is 2.26. The number of nitrogens with one attached hydrogen (secondary N) is 1. The van der Waals surface area contributed by atoms with Gasteiger partial charge in [-0.1, -0.05) is 11.6 Å². The molecular formula is C17H15BrClFN2O2. The summed E-state index contributed by atoms with van der Waals surface area (Å²) in [4.78, 5) is 7.41. The second-order valence-electron chi connectivity index (χ2n) is 5.12. The molecular weight excluding hydrogens is 399 g/mol. The molecule has 3 rings (SSSR count). The van der Waals surface area contributed by atoms with Crippen LogP contribution in [0.5, 0.6) is 5.75 Å². The summed E-state index contributed by atoms with van der Waals surface area (Å²) in [7, 11) is 1.55. The van der Waals surface area contributed by atoms with Gasteiger partial charge in [-0.3, -0.25) is 0 Å². The highest BCUT2D eigenvalue weighted by molar-refractivity contribution is 9.10. The van der Waals surface area contributed by atoms with E-state index in [1.54, 1.807) is 25.6 Å². The number of pyridine rings is 1. The van der Waals surface area contributed by atoms with Crippen LogP contribution in [0, 0.1) is 5.82 Å². The third-order valence-electron chi connectivity index (χ3n) is 3.70. The van der Waals surface area contributed by atoms with Crippen molar-refractivity contribution in [3.05, 3.63) is 57.0 Å². The molecule has 4 nitrogen and oxygen atoms in total. The lowest BCUT2D eigenvalue weighted by molar-refractivity contribution is 0.133. The quantitative estimate of drug-likeness (QED) is 0.621. The molecule has 0 bridgehead atoms. The van der Waals surface area contributed by atoms with E-state index in [4.69, 9.17) is 21.1 Å². The molecule has 0 aliphatic carbocycles. The van der Waals surface area contributed by atoms with Crippen molar-refractivity contribution in [2.45, 2.75) is 13.0 Å². The van der Waals surface area contributed by atoms with Crippen LogP contribution < -0.4 is 4.74 Å². The fraction of sp³-hybridized carbons (Fsp3) is 0.235. The number of hydrogen-bond acceptors (Lipinski definition) is 3. The molecule has 0 saturated heterocycles. The van der Waals surface area contributed by atoms with E-state index in [1.807, 2.05) is 13.0 Å². The third-order valence-corrected chi connectivity index (χ3v) is 4.52. The zero-order chi connectivity index (χ0) is 17.3. The topological polar surface area (TPSA) is 47.1 Å². The molecule has 0 fully saturated rings. The van der Waals surface area contributed by atoms with Crippen molar-refractivity contribution in [2.75, 3.05) is 13.7 Å². The van der Waals surface area contributed by atoms with E-state index >= 15 is 0 Å². The fourth-order valence-corrected chi connectivity index (χ4v) is 3.28. The first-order valence-corrected chi connectivity index (χ1v) is 8.49. The minimum absolute atomic E-state index is 0.00916. The SMILES string of the molecule is CCOc1ccc(F)c(Cl)c1C(OC)c1c[nH]c2ncc(Br)cc12. The summed E-state index contributed by atoms with van der Waals surface area (Å²) < 4.78 is 26.2. The van der Waals surface area contributed by atoms with Crippen LogP contribution in [-0.4, -0.2) is 23.7 Å². The Bertz CT molecular complexity index is 884. The lowest BCUT2D eigenvalue weighted by Gasteiger charge is -2.20. The first-order valence-electron chi connectivity index (χ1n) is 7.32. The van der Waals surface area contributed by atoms with Crippen molar-refractivity contribution in [2.24, 2.45) is 0 Å². The van der Waals surface area contributed by atoms with Gasteiger partial charge in [-0.15, -0.1) is 0 Å². The highest BCUT2D eigenvalue weighted by Crippen LogP contribution is 2.41. The van der Waals surface area contributed by atoms with Crippen LogP contribution in [0.3, 0.4) is 0 Å². The second-order valence-corrected chi connectivity index (χ2v) is 6.41. The zero-order valence-corrected chi connectivity index (χ0v) is 15.4. The maximum Gasteiger partial charge on any atom is 0.142 e. The largest absolute Gasteiger partial charge is 0.493 e. The van der Waals surface area contributed by atoms with Gasteiger partial charge in [0.2, 0.25) is 0 Å². The highest BCUT2D eigenvalue weighted by atomic mass is 79.9. The Balaban J connectivity index is 2.21. The molecule has 3 aromatic rings. The van der Waals surface area contributed by atoms with Crippen LogP contribution in [0.2, 0.25) is 5.02 Å². The number of benzene rings is 1. The average molecular weight is 414 g/mol. The Labute approximate surface area is 152 Å². The number of H-pyrrole nitrogens is 1. The molecule has 0 radical (unpaired) electrons. The molecule has 0 amide bonds. The van der Waals surface area contributed by atoms with Crippen molar-refractivity contribution in [1.82, 2.24) is 9.97 Å². The molecule has 0 spiro atoms. The number of nitrogens with zero attached hydrogens (tertiary/aromatic N) is 1. The Morgan fingerprint density at radius 1 is 1.42 bits per heavy atom. The van der Waals surface area contributed by atoms with Gasteiger partial charge in [0, 0.05) is 40.5 Å². The number of fused-ring (bicyclic) bond motifs is 1. The van der Waals surface area contributed by atoms with Crippen molar-refractivity contribution in [3.8, 4) is 5.75 Å². The van der Waals surface area contributed by atoms with E-state index in [1.165, 1.54) is 6.07 Å². The first kappa shape index (κ1) is 17.2. The van der Waals surface area contributed by atoms with Gasteiger partial charge in [0.05, 0.1) is 11.6 Å². The molecule has 7 heteroatoms. The van der Waals surface area contributed by atoms with Gasteiger partial charge >= 0.3 is 0 Å². The molecule has 1 aromatic carbocycles. The van der Waals surface area contributed by atoms with Crippen LogP contribution in [0.4, 0.5) is 4.39 Å². The van der Waals surface area contributed by atoms with Gasteiger partial charge in [-0.05, 0) is 41.1 Å². The maximum absolute atomic E-state index is 14.0. The predicted octanol–water partition coefficient (Wildman–Crippen LogP) is 5.25. The lowest BCUT2D eigenvalue weighted by Crippen LogP contribution is -2.08. The summed E-state index contributed by atoms with van der Waals surface area (Å²) in [5.41, 5.74) is 1.97. The lowest BCUT2D eigenvalue weighted by atomic mass is 10.00. The third kappa shape index (κ3) is 3.01. The van der Waals surface area contributed by atoms with Crippen LogP contribution in [0.25, 0.3) is 11.0 Å². The van der Waals surface area contributed by atoms with E-state index in [-0.39, 0.29) is 5.02 Å². The van der Waals surface area contributed by atoms with E-state index in [0.717, 1.165) is 15.4 Å². The van der Waals surface area contributed by atoms with Gasteiger partial charge in [0.15, 0.2) is 0 Å². The number of rotatable bonds is 5. The van der Waals surface area contributed by atoms with E-state index < -0.39 is 11.9 Å². The first-order chi connectivity index (χ1) is 11.6. The summed E-state index contributed by atoms with van der Waals surface area (Å²) in [6.07, 6.45) is 2.89. The Kier molecular flexibility index (Phi) is 5.08. The van der Waals surface area contributed by atoms with Crippen LogP contribution in [0.1, 0.15) is 24.2 Å². The van der Waals surface area contributed by atoms with Crippen LogP contribution in [0.15, 0.2) is 35.1 Å². The Hall–Kier alpha value is -1.63. The minimum atomic E-state index is -0.598. The van der Waals surface area contributed by atoms with E-state index in [0.29, 0.717) is 23.6 Å². The van der Waals surface area contributed by atoms with Gasteiger partial charge in [-0.2, -0.15) is 0 Å². The monoisotopic (exact) mass is 412 g/mol. The van der Waals surface area contributed by atoms with Gasteiger partial charge in [-0.25, -0.2) is 9.37 Å². The van der Waals surface area contributed by atoms with Crippen molar-refractivity contribution in [3.63, 3.8) is 0 Å². The van der Waals surface area contributed by atoms with E-state index in [9.17, 15) is 4.39 Å². The number of aromatic nitrogens is 2. The van der Waals surface area contributed by atoms with Crippen molar-refractivity contribution < 1.29 is 13.9 Å². The number of hydrogen-bond donors (Lipinski definition) is 1. The van der Waals surface area contributed by atoms with Gasteiger partial charge in [0.25, 0.3) is 0 Å². The number of ether oxygens (including phenoxy) is 2. The van der Waals surface area contributed by atoms with Crippen molar-refractivity contribution >= 4 is 38.6 Å². The van der Waals surface area contributed by atoms with Gasteiger partial charge < -0.3 is 14.5 Å². The second kappa shape index (κ2) is 7.09. The smallest absolute Gasteiger partial charge is 0.142 e. The van der Waals surface area contributed by atoms with Crippen LogP contribution >= 0.6 is 27.5 Å². The number of aromatic amines is 1. The summed E-state index contributed by atoms with van der Waals surface area (Å²) in [5.74, 6) is -0.0237. The molecule has 1 atom stereocenters. The molecule has 0 saturated carbocycles. The van der Waals surface area contributed by atoms with E-state index in [2.05, 4.69) is 25.9 Å². The molecule has 0 aliphatic rings. The number of methoxy groups -OCH3 is 1. The predicted molar refractivity (Wildman–Crippen MR) is 95.2 cm³/mol. The standard InChI is InChI=1S/C17H15BrClFN2O2/c1-3-24-13-5-4-12(20)15(19)14(13)16(23-2)11-8-22-17-10(11)6-9(18)7-21-17/h4-8,16H,3H2,1-2H3,(H,21,22). The van der Waals surface area contributed by atoms with Crippen molar-refractivity contribution in [1.29, 1.82) is 0 Å². The maximum atomic E-state index is 14.0. The number of halogens is 3. The average Bonchev–Trinajstić information content (AvgIpc) is 2.97. The molecule has 126 valence electrons. The molecule has 1 unspecified atom stereocenters.